The van der Waals surface area contributed by atoms with E-state index in [9.17, 15) is 4.39 Å². The Labute approximate surface area is 113 Å². The van der Waals surface area contributed by atoms with E-state index in [1.807, 2.05) is 24.7 Å². The fourth-order valence-electron chi connectivity index (χ4n) is 2.26. The van der Waals surface area contributed by atoms with Gasteiger partial charge in [0.1, 0.15) is 5.82 Å². The van der Waals surface area contributed by atoms with Crippen LogP contribution in [0.2, 0.25) is 0 Å². The highest BCUT2D eigenvalue weighted by Crippen LogP contribution is 2.20. The second-order valence-corrected chi connectivity index (χ2v) is 4.92. The van der Waals surface area contributed by atoms with Crippen LogP contribution in [0.4, 0.5) is 4.39 Å². The number of hydrogen-bond donors (Lipinski definition) is 1. The maximum atomic E-state index is 13.3. The van der Waals surface area contributed by atoms with Crippen LogP contribution in [0.25, 0.3) is 0 Å². The lowest BCUT2D eigenvalue weighted by molar-refractivity contribution is 0.602. The van der Waals surface area contributed by atoms with Crippen molar-refractivity contribution in [3.8, 4) is 0 Å². The highest BCUT2D eigenvalue weighted by atomic mass is 19.1. The van der Waals surface area contributed by atoms with Crippen molar-refractivity contribution in [1.29, 1.82) is 0 Å². The lowest BCUT2D eigenvalue weighted by atomic mass is 9.99. The van der Waals surface area contributed by atoms with Gasteiger partial charge in [0.05, 0.1) is 17.4 Å². The van der Waals surface area contributed by atoms with Gasteiger partial charge >= 0.3 is 0 Å². The third-order valence-electron chi connectivity index (χ3n) is 3.46. The normalized spacial score (nSPS) is 12.7. The van der Waals surface area contributed by atoms with Crippen LogP contribution >= 0.6 is 0 Å². The van der Waals surface area contributed by atoms with Crippen LogP contribution in [0.1, 0.15) is 35.5 Å². The molecule has 19 heavy (non-hydrogen) atoms. The molecule has 0 bridgehead atoms. The Morgan fingerprint density at radius 3 is 2.74 bits per heavy atom. The van der Waals surface area contributed by atoms with Gasteiger partial charge in [0.2, 0.25) is 0 Å². The minimum Gasteiger partial charge on any atom is -0.322 e. The van der Waals surface area contributed by atoms with E-state index in [4.69, 9.17) is 5.73 Å². The van der Waals surface area contributed by atoms with Gasteiger partial charge in [-0.2, -0.15) is 5.10 Å². The first-order chi connectivity index (χ1) is 9.01. The summed E-state index contributed by atoms with van der Waals surface area (Å²) in [7, 11) is 1.90. The molecule has 1 aromatic heterocycles. The van der Waals surface area contributed by atoms with Crippen molar-refractivity contribution < 1.29 is 4.39 Å². The number of aryl methyl sites for hydroxylation is 3. The van der Waals surface area contributed by atoms with Crippen molar-refractivity contribution >= 4 is 0 Å². The molecule has 0 saturated heterocycles. The predicted molar refractivity (Wildman–Crippen MR) is 74.4 cm³/mol. The summed E-state index contributed by atoms with van der Waals surface area (Å²) in [5.74, 6) is -0.216. The topological polar surface area (TPSA) is 43.8 Å². The van der Waals surface area contributed by atoms with Crippen molar-refractivity contribution in [3.05, 3.63) is 52.6 Å². The second kappa shape index (κ2) is 5.53. The monoisotopic (exact) mass is 261 g/mol. The maximum absolute atomic E-state index is 13.3. The summed E-state index contributed by atoms with van der Waals surface area (Å²) in [4.78, 5) is 0. The Kier molecular flexibility index (Phi) is 4.00. The number of rotatable bonds is 4. The zero-order chi connectivity index (χ0) is 14.0. The lowest BCUT2D eigenvalue weighted by Crippen LogP contribution is -2.17. The van der Waals surface area contributed by atoms with Crippen molar-refractivity contribution in [2.45, 2.75) is 32.7 Å². The van der Waals surface area contributed by atoms with Gasteiger partial charge < -0.3 is 5.73 Å². The number of nitrogens with two attached hydrogens (primary N) is 1. The summed E-state index contributed by atoms with van der Waals surface area (Å²) in [5, 5.41) is 4.39. The Morgan fingerprint density at radius 2 is 2.11 bits per heavy atom. The molecular formula is C15H20FN3. The van der Waals surface area contributed by atoms with Crippen LogP contribution < -0.4 is 5.73 Å². The van der Waals surface area contributed by atoms with Gasteiger partial charge in [0.25, 0.3) is 0 Å². The third kappa shape index (κ3) is 3.01. The van der Waals surface area contributed by atoms with E-state index < -0.39 is 0 Å². The van der Waals surface area contributed by atoms with Gasteiger partial charge in [-0.15, -0.1) is 0 Å². The van der Waals surface area contributed by atoms with Gasteiger partial charge in [-0.1, -0.05) is 13.0 Å². The van der Waals surface area contributed by atoms with E-state index in [0.29, 0.717) is 6.42 Å². The van der Waals surface area contributed by atoms with Crippen molar-refractivity contribution in [2.24, 2.45) is 12.8 Å². The zero-order valence-corrected chi connectivity index (χ0v) is 11.7. The van der Waals surface area contributed by atoms with Gasteiger partial charge in [-0.3, -0.25) is 4.68 Å². The van der Waals surface area contributed by atoms with E-state index in [1.54, 1.807) is 12.1 Å². The number of benzene rings is 1. The molecule has 0 fully saturated rings. The smallest absolute Gasteiger partial charge is 0.123 e. The molecule has 2 N–H and O–H groups in total. The number of hydrogen-bond acceptors (Lipinski definition) is 2. The molecule has 1 aromatic carbocycles. The summed E-state index contributed by atoms with van der Waals surface area (Å²) in [5.41, 5.74) is 10.3. The number of halogens is 1. The molecule has 0 aliphatic carbocycles. The van der Waals surface area contributed by atoms with Gasteiger partial charge in [-0.05, 0) is 49.1 Å². The standard InChI is InChI=1S/C15H20FN3/c1-4-13-9-15(19(3)18-13)14(17)8-11-7-12(16)6-5-10(11)2/h5-7,9,14H,4,8,17H2,1-3H3. The summed E-state index contributed by atoms with van der Waals surface area (Å²) in [6, 6.07) is 6.69. The highest BCUT2D eigenvalue weighted by molar-refractivity contribution is 5.28. The van der Waals surface area contributed by atoms with E-state index in [0.717, 1.165) is 28.9 Å². The Balaban J connectivity index is 2.22. The van der Waals surface area contributed by atoms with E-state index in [2.05, 4.69) is 12.0 Å². The summed E-state index contributed by atoms with van der Waals surface area (Å²) in [6.07, 6.45) is 1.51. The van der Waals surface area contributed by atoms with Crippen LogP contribution in [0, 0.1) is 12.7 Å². The van der Waals surface area contributed by atoms with E-state index in [-0.39, 0.29) is 11.9 Å². The predicted octanol–water partition coefficient (Wildman–Crippen LogP) is 2.67. The molecule has 0 saturated carbocycles. The fourth-order valence-corrected chi connectivity index (χ4v) is 2.26. The average molecular weight is 261 g/mol. The SMILES string of the molecule is CCc1cc(C(N)Cc2cc(F)ccc2C)n(C)n1. The molecule has 2 aromatic rings. The molecule has 2 rings (SSSR count). The molecule has 0 aliphatic heterocycles. The van der Waals surface area contributed by atoms with Crippen LogP contribution in [0.3, 0.4) is 0 Å². The van der Waals surface area contributed by atoms with Gasteiger partial charge in [0, 0.05) is 7.05 Å². The number of nitrogens with zero attached hydrogens (tertiary/aromatic N) is 2. The molecule has 0 radical (unpaired) electrons. The van der Waals surface area contributed by atoms with Crippen LogP contribution in [-0.4, -0.2) is 9.78 Å². The first-order valence-electron chi connectivity index (χ1n) is 6.54. The molecule has 0 spiro atoms. The Bertz CT molecular complexity index is 575. The zero-order valence-electron chi connectivity index (χ0n) is 11.7. The quantitative estimate of drug-likeness (QED) is 0.919. The largest absolute Gasteiger partial charge is 0.322 e. The van der Waals surface area contributed by atoms with E-state index >= 15 is 0 Å². The van der Waals surface area contributed by atoms with Gasteiger partial charge in [0.15, 0.2) is 0 Å². The number of aromatic nitrogens is 2. The summed E-state index contributed by atoms with van der Waals surface area (Å²) in [6.45, 7) is 4.04. The Morgan fingerprint density at radius 1 is 1.37 bits per heavy atom. The van der Waals surface area contributed by atoms with Crippen molar-refractivity contribution in [2.75, 3.05) is 0 Å². The molecule has 1 atom stereocenters. The molecule has 0 amide bonds. The molecule has 1 heterocycles. The van der Waals surface area contributed by atoms with Crippen LogP contribution in [-0.2, 0) is 19.9 Å². The maximum Gasteiger partial charge on any atom is 0.123 e. The van der Waals surface area contributed by atoms with Gasteiger partial charge in [-0.25, -0.2) is 4.39 Å². The first kappa shape index (κ1) is 13.7. The lowest BCUT2D eigenvalue weighted by Gasteiger charge is -2.13. The fraction of sp³-hybridized carbons (Fsp3) is 0.400. The molecule has 1 unspecified atom stereocenters. The Hall–Kier alpha value is -1.68. The highest BCUT2D eigenvalue weighted by Gasteiger charge is 2.14. The van der Waals surface area contributed by atoms with Crippen LogP contribution in [0.5, 0.6) is 0 Å². The van der Waals surface area contributed by atoms with Crippen molar-refractivity contribution in [1.82, 2.24) is 9.78 Å². The van der Waals surface area contributed by atoms with Crippen molar-refractivity contribution in [3.63, 3.8) is 0 Å². The minimum atomic E-state index is -0.216. The molecule has 3 nitrogen and oxygen atoms in total. The summed E-state index contributed by atoms with van der Waals surface area (Å²) >= 11 is 0. The molecule has 4 heteroatoms. The molecular weight excluding hydrogens is 241 g/mol. The minimum absolute atomic E-state index is 0.168. The third-order valence-corrected chi connectivity index (χ3v) is 3.46. The first-order valence-corrected chi connectivity index (χ1v) is 6.54. The molecule has 102 valence electrons. The van der Waals surface area contributed by atoms with Crippen LogP contribution in [0.15, 0.2) is 24.3 Å². The summed E-state index contributed by atoms with van der Waals surface area (Å²) < 4.78 is 15.1. The van der Waals surface area contributed by atoms with E-state index in [1.165, 1.54) is 6.07 Å². The second-order valence-electron chi connectivity index (χ2n) is 4.92. The molecule has 0 aliphatic rings. The average Bonchev–Trinajstić information content (AvgIpc) is 2.75.